The van der Waals surface area contributed by atoms with Gasteiger partial charge >= 0.3 is 12.4 Å². The van der Waals surface area contributed by atoms with Crippen molar-refractivity contribution < 1.29 is 35.2 Å². The molecule has 0 fully saturated rings. The fourth-order valence-corrected chi connectivity index (χ4v) is 8.43. The summed E-state index contributed by atoms with van der Waals surface area (Å²) < 4.78 is 93.7. The molecule has 0 spiro atoms. The number of fused-ring (bicyclic) bond motifs is 8. The third-order valence-corrected chi connectivity index (χ3v) is 11.4. The normalized spacial score (nSPS) is 12.4. The van der Waals surface area contributed by atoms with E-state index in [1.54, 1.807) is 0 Å². The minimum Gasteiger partial charge on any atom is -0.456 e. The number of anilines is 6. The summed E-state index contributed by atoms with van der Waals surface area (Å²) in [5, 5.41) is 7.28. The zero-order valence-corrected chi connectivity index (χ0v) is 32.3. The molecule has 4 nitrogen and oxygen atoms in total. The first-order chi connectivity index (χ1) is 29.9. The van der Waals surface area contributed by atoms with E-state index < -0.39 is 23.5 Å². The fourth-order valence-electron chi connectivity index (χ4n) is 8.43. The summed E-state index contributed by atoms with van der Waals surface area (Å²) in [7, 11) is 0. The quantitative estimate of drug-likeness (QED) is 0.156. The molecule has 0 radical (unpaired) electrons. The Hall–Kier alpha value is -7.72. The van der Waals surface area contributed by atoms with E-state index >= 15 is 0 Å². The average Bonchev–Trinajstić information content (AvgIpc) is 3.80. The second-order valence-electron chi connectivity index (χ2n) is 15.2. The van der Waals surface area contributed by atoms with Crippen LogP contribution in [-0.4, -0.2) is 0 Å². The van der Waals surface area contributed by atoms with E-state index in [1.165, 1.54) is 24.3 Å². The molecule has 62 heavy (non-hydrogen) atoms. The Balaban J connectivity index is 0.976. The Morgan fingerprint density at radius 2 is 0.613 bits per heavy atom. The van der Waals surface area contributed by atoms with Gasteiger partial charge in [-0.2, -0.15) is 26.3 Å². The first-order valence-electron chi connectivity index (χ1n) is 19.7. The van der Waals surface area contributed by atoms with Crippen LogP contribution in [0.15, 0.2) is 191 Å². The first-order valence-corrected chi connectivity index (χ1v) is 19.7. The standard InChI is InChI=1S/C52H30F6N2O2/c53-51(54,55)35-13-19-39(20-14-35)59(37-7-3-1-4-8-37)41-17-11-31-25-43-45-29-50-46(30-49(45)61-47(43)27-33(31)23-41)44-26-32-12-18-42(24-34(32)28-48(44)62-50)60(38-9-5-2-6-10-38)40-21-15-36(16-22-40)52(56,57)58/h1-30H. The van der Waals surface area contributed by atoms with Crippen molar-refractivity contribution in [3.8, 4) is 0 Å². The van der Waals surface area contributed by atoms with E-state index in [0.29, 0.717) is 33.7 Å². The van der Waals surface area contributed by atoms with Crippen molar-refractivity contribution in [1.29, 1.82) is 0 Å². The van der Waals surface area contributed by atoms with Gasteiger partial charge in [-0.25, -0.2) is 0 Å². The van der Waals surface area contributed by atoms with Crippen LogP contribution < -0.4 is 9.80 Å². The van der Waals surface area contributed by atoms with Gasteiger partial charge < -0.3 is 18.6 Å². The number of furan rings is 2. The SMILES string of the molecule is FC(F)(F)c1ccc(N(c2ccccc2)c2ccc3cc4c(cc3c2)oc2cc3c(cc24)oc2cc4cc(N(c5ccccc5)c5ccc(C(F)(F)F)cc5)ccc4cc23)cc1. The minimum atomic E-state index is -4.44. The van der Waals surface area contributed by atoms with E-state index in [2.05, 4.69) is 12.1 Å². The number of hydrogen-bond acceptors (Lipinski definition) is 4. The molecule has 2 heterocycles. The Labute approximate surface area is 349 Å². The van der Waals surface area contributed by atoms with Gasteiger partial charge in [-0.05, 0) is 155 Å². The van der Waals surface area contributed by atoms with Gasteiger partial charge in [0, 0.05) is 55.7 Å². The number of benzene rings is 9. The lowest BCUT2D eigenvalue weighted by atomic mass is 10.0. The zero-order chi connectivity index (χ0) is 42.3. The second kappa shape index (κ2) is 13.9. The van der Waals surface area contributed by atoms with Crippen LogP contribution in [0.5, 0.6) is 0 Å². The number of para-hydroxylation sites is 2. The summed E-state index contributed by atoms with van der Waals surface area (Å²) in [5.41, 5.74) is 5.62. The highest BCUT2D eigenvalue weighted by molar-refractivity contribution is 6.18. The number of alkyl halides is 6. The van der Waals surface area contributed by atoms with Gasteiger partial charge in [0.1, 0.15) is 22.3 Å². The second-order valence-corrected chi connectivity index (χ2v) is 15.2. The number of rotatable bonds is 6. The maximum atomic E-state index is 13.4. The van der Waals surface area contributed by atoms with Crippen LogP contribution in [0.3, 0.4) is 0 Å². The van der Waals surface area contributed by atoms with Crippen LogP contribution >= 0.6 is 0 Å². The van der Waals surface area contributed by atoms with Gasteiger partial charge in [-0.3, -0.25) is 0 Å². The average molecular weight is 829 g/mol. The van der Waals surface area contributed by atoms with E-state index in [0.717, 1.165) is 90.1 Å². The van der Waals surface area contributed by atoms with Crippen molar-refractivity contribution in [2.75, 3.05) is 9.80 Å². The van der Waals surface area contributed by atoms with E-state index in [4.69, 9.17) is 8.83 Å². The van der Waals surface area contributed by atoms with Gasteiger partial charge in [0.05, 0.1) is 11.1 Å². The summed E-state index contributed by atoms with van der Waals surface area (Å²) in [6, 6.07) is 53.3. The number of nitrogens with zero attached hydrogens (tertiary/aromatic N) is 2. The summed E-state index contributed by atoms with van der Waals surface area (Å²) in [4.78, 5) is 3.84. The van der Waals surface area contributed by atoms with Crippen molar-refractivity contribution in [3.63, 3.8) is 0 Å². The summed E-state index contributed by atoms with van der Waals surface area (Å²) in [6.07, 6.45) is -8.88. The van der Waals surface area contributed by atoms with E-state index in [1.807, 2.05) is 131 Å². The van der Waals surface area contributed by atoms with Crippen LogP contribution in [0.4, 0.5) is 60.5 Å². The molecule has 9 aromatic carbocycles. The predicted molar refractivity (Wildman–Crippen MR) is 235 cm³/mol. The molecule has 10 heteroatoms. The van der Waals surface area contributed by atoms with E-state index in [-0.39, 0.29) is 0 Å². The van der Waals surface area contributed by atoms with Gasteiger partial charge in [0.2, 0.25) is 0 Å². The van der Waals surface area contributed by atoms with Gasteiger partial charge in [0.25, 0.3) is 0 Å². The Morgan fingerprint density at radius 3 is 0.984 bits per heavy atom. The number of hydrogen-bond donors (Lipinski definition) is 0. The molecule has 0 aliphatic heterocycles. The highest BCUT2D eigenvalue weighted by Crippen LogP contribution is 2.43. The fraction of sp³-hybridized carbons (Fsp3) is 0.0385. The predicted octanol–water partition coefficient (Wildman–Crippen LogP) is 16.8. The molecule has 11 rings (SSSR count). The van der Waals surface area contributed by atoms with Crippen molar-refractivity contribution >= 4 is 99.5 Å². The van der Waals surface area contributed by atoms with Crippen LogP contribution in [0.25, 0.3) is 65.4 Å². The third-order valence-electron chi connectivity index (χ3n) is 11.4. The summed E-state index contributed by atoms with van der Waals surface area (Å²) in [6.45, 7) is 0. The summed E-state index contributed by atoms with van der Waals surface area (Å²) >= 11 is 0. The summed E-state index contributed by atoms with van der Waals surface area (Å²) in [5.74, 6) is 0. The monoisotopic (exact) mass is 828 g/mol. The van der Waals surface area contributed by atoms with Crippen molar-refractivity contribution in [3.05, 3.63) is 193 Å². The third kappa shape index (κ3) is 6.42. The van der Waals surface area contributed by atoms with Crippen molar-refractivity contribution in [1.82, 2.24) is 0 Å². The van der Waals surface area contributed by atoms with Crippen molar-refractivity contribution in [2.24, 2.45) is 0 Å². The molecular formula is C52H30F6N2O2. The smallest absolute Gasteiger partial charge is 0.416 e. The molecule has 0 aliphatic carbocycles. The molecule has 0 N–H and O–H groups in total. The zero-order valence-electron chi connectivity index (χ0n) is 32.3. The first kappa shape index (κ1) is 37.3. The van der Waals surface area contributed by atoms with Crippen molar-refractivity contribution in [2.45, 2.75) is 12.4 Å². The minimum absolute atomic E-state index is 0.587. The number of halogens is 6. The maximum absolute atomic E-state index is 13.4. The Bertz CT molecular complexity index is 3250. The molecule has 0 amide bonds. The van der Waals surface area contributed by atoms with Gasteiger partial charge in [0.15, 0.2) is 0 Å². The molecule has 0 saturated heterocycles. The van der Waals surface area contributed by atoms with E-state index in [9.17, 15) is 26.3 Å². The molecule has 302 valence electrons. The largest absolute Gasteiger partial charge is 0.456 e. The molecular weight excluding hydrogens is 799 g/mol. The van der Waals surface area contributed by atoms with Crippen LogP contribution in [0, 0.1) is 0 Å². The highest BCUT2D eigenvalue weighted by Gasteiger charge is 2.31. The van der Waals surface area contributed by atoms with Gasteiger partial charge in [-0.15, -0.1) is 0 Å². The van der Waals surface area contributed by atoms with Crippen LogP contribution in [0.1, 0.15) is 11.1 Å². The molecule has 0 aliphatic rings. The lowest BCUT2D eigenvalue weighted by molar-refractivity contribution is -0.138. The molecule has 0 bridgehead atoms. The molecule has 2 aromatic heterocycles. The highest BCUT2D eigenvalue weighted by atomic mass is 19.4. The van der Waals surface area contributed by atoms with Crippen LogP contribution in [-0.2, 0) is 12.4 Å². The lowest BCUT2D eigenvalue weighted by Crippen LogP contribution is -2.11. The molecule has 0 atom stereocenters. The Kier molecular flexibility index (Phi) is 8.37. The van der Waals surface area contributed by atoms with Gasteiger partial charge in [-0.1, -0.05) is 48.5 Å². The molecule has 0 saturated carbocycles. The maximum Gasteiger partial charge on any atom is 0.416 e. The van der Waals surface area contributed by atoms with Crippen LogP contribution in [0.2, 0.25) is 0 Å². The lowest BCUT2D eigenvalue weighted by Gasteiger charge is -2.26. The molecule has 0 unspecified atom stereocenters. The Morgan fingerprint density at radius 1 is 0.290 bits per heavy atom. The molecule has 11 aromatic rings. The topological polar surface area (TPSA) is 32.8 Å².